The van der Waals surface area contributed by atoms with Crippen molar-refractivity contribution in [1.29, 1.82) is 0 Å². The van der Waals surface area contributed by atoms with Crippen molar-refractivity contribution >= 4 is 46.1 Å². The van der Waals surface area contributed by atoms with Crippen LogP contribution >= 0.6 is 24.1 Å². The van der Waals surface area contributed by atoms with Gasteiger partial charge in [0.25, 0.3) is 10.1 Å². The Morgan fingerprint density at radius 2 is 1.67 bits per heavy atom. The van der Waals surface area contributed by atoms with Gasteiger partial charge >= 0.3 is 11.9 Å². The molecule has 0 aliphatic carbocycles. The van der Waals surface area contributed by atoms with E-state index in [-0.39, 0.29) is 0 Å². The van der Waals surface area contributed by atoms with Gasteiger partial charge in [0.15, 0.2) is 5.25 Å². The molecule has 0 aromatic carbocycles. The van der Waals surface area contributed by atoms with E-state index in [1.54, 1.807) is 13.8 Å². The molecule has 1 atom stereocenters. The van der Waals surface area contributed by atoms with Crippen molar-refractivity contribution in [2.24, 2.45) is 0 Å². The molecule has 0 radical (unpaired) electrons. The van der Waals surface area contributed by atoms with Crippen molar-refractivity contribution in [2.75, 3.05) is 11.5 Å². The van der Waals surface area contributed by atoms with E-state index in [1.807, 2.05) is 0 Å². The van der Waals surface area contributed by atoms with Crippen LogP contribution in [0.3, 0.4) is 0 Å². The highest BCUT2D eigenvalue weighted by Crippen LogP contribution is 2.14. The van der Waals surface area contributed by atoms with Crippen LogP contribution in [0.2, 0.25) is 0 Å². The van der Waals surface area contributed by atoms with Crippen molar-refractivity contribution in [3.63, 3.8) is 0 Å². The van der Waals surface area contributed by atoms with Gasteiger partial charge in [-0.3, -0.25) is 9.35 Å². The molecule has 0 fully saturated rings. The van der Waals surface area contributed by atoms with Gasteiger partial charge in [0, 0.05) is 11.5 Å². The van der Waals surface area contributed by atoms with Gasteiger partial charge in [-0.25, -0.2) is 4.79 Å². The van der Waals surface area contributed by atoms with Crippen LogP contribution in [0.25, 0.3) is 0 Å². The molecule has 0 aromatic rings. The molecule has 0 heterocycles. The molecule has 0 spiro atoms. The fraction of sp³-hybridized carbons (Fsp3) is 0.750. The highest BCUT2D eigenvalue weighted by atomic mass is 32.2. The molecule has 7 nitrogen and oxygen atoms in total. The fourth-order valence-electron chi connectivity index (χ4n) is 0.791. The van der Waals surface area contributed by atoms with E-state index in [2.05, 4.69) is 8.37 Å². The molecular weight excluding hydrogens is 304 g/mol. The Kier molecular flexibility index (Phi) is 8.40. The first-order valence-electron chi connectivity index (χ1n) is 4.94. The predicted octanol–water partition coefficient (Wildman–Crippen LogP) is 1.06. The van der Waals surface area contributed by atoms with E-state index in [1.165, 1.54) is 0 Å². The first-order chi connectivity index (χ1) is 8.32. The summed E-state index contributed by atoms with van der Waals surface area (Å²) in [6.45, 7) is 3.41. The van der Waals surface area contributed by atoms with Gasteiger partial charge in [0.1, 0.15) is 0 Å². The first-order valence-corrected chi connectivity index (χ1v) is 8.27. The van der Waals surface area contributed by atoms with E-state index >= 15 is 0 Å². The Morgan fingerprint density at radius 1 is 1.17 bits per heavy atom. The van der Waals surface area contributed by atoms with Crippen LogP contribution in [-0.4, -0.2) is 41.7 Å². The Labute approximate surface area is 114 Å². The molecule has 0 bridgehead atoms. The summed E-state index contributed by atoms with van der Waals surface area (Å²) in [4.78, 5) is 22.6. The monoisotopic (exact) mass is 318 g/mol. The van der Waals surface area contributed by atoms with Gasteiger partial charge in [0.05, 0.1) is 30.5 Å². The lowest BCUT2D eigenvalue weighted by molar-refractivity contribution is -0.139. The topological polar surface area (TPSA) is 107 Å². The number of carbonyl (C=O) groups is 2. The summed E-state index contributed by atoms with van der Waals surface area (Å²) in [5.41, 5.74) is 0. The Bertz CT molecular complexity index is 378. The van der Waals surface area contributed by atoms with Crippen LogP contribution in [0, 0.1) is 0 Å². The van der Waals surface area contributed by atoms with E-state index in [0.29, 0.717) is 11.5 Å². The number of rotatable bonds is 8. The zero-order valence-corrected chi connectivity index (χ0v) is 12.3. The molecule has 0 aromatic heterocycles. The van der Waals surface area contributed by atoms with E-state index < -0.39 is 33.7 Å². The quantitative estimate of drug-likeness (QED) is 0.519. The maximum atomic E-state index is 11.4. The highest BCUT2D eigenvalue weighted by Gasteiger charge is 2.36. The van der Waals surface area contributed by atoms with Crippen LogP contribution in [0.15, 0.2) is 0 Å². The minimum atomic E-state index is -4.71. The second-order valence-corrected chi connectivity index (χ2v) is 6.44. The normalized spacial score (nSPS) is 12.8. The molecular formula is C8H14O7S3. The number of hydrogen-bond donors (Lipinski definition) is 1. The SMILES string of the molecule is CCSOC(=O)CC(C(=O)OSCC)S(=O)(=O)O. The summed E-state index contributed by atoms with van der Waals surface area (Å²) in [6, 6.07) is 0. The summed E-state index contributed by atoms with van der Waals surface area (Å²) < 4.78 is 39.9. The van der Waals surface area contributed by atoms with Gasteiger partial charge in [-0.2, -0.15) is 8.42 Å². The second-order valence-electron chi connectivity index (χ2n) is 2.88. The standard InChI is InChI=1S/C8H14O7S3/c1-3-16-14-7(9)5-6(18(11,12)13)8(10)15-17-4-2/h6H,3-5H2,1-2H3,(H,11,12,13). The minimum Gasteiger partial charge on any atom is -0.391 e. The van der Waals surface area contributed by atoms with Crippen molar-refractivity contribution in [3.8, 4) is 0 Å². The number of hydrogen-bond acceptors (Lipinski definition) is 8. The largest absolute Gasteiger partial charge is 0.391 e. The van der Waals surface area contributed by atoms with Gasteiger partial charge in [0.2, 0.25) is 0 Å². The molecule has 0 amide bonds. The zero-order chi connectivity index (χ0) is 14.2. The highest BCUT2D eigenvalue weighted by molar-refractivity contribution is 7.95. The van der Waals surface area contributed by atoms with Gasteiger partial charge < -0.3 is 8.37 Å². The molecule has 18 heavy (non-hydrogen) atoms. The third-order valence-electron chi connectivity index (χ3n) is 1.50. The maximum Gasteiger partial charge on any atom is 0.339 e. The summed E-state index contributed by atoms with van der Waals surface area (Å²) in [6.07, 6.45) is -0.783. The van der Waals surface area contributed by atoms with Crippen molar-refractivity contribution in [1.82, 2.24) is 0 Å². The van der Waals surface area contributed by atoms with E-state index in [0.717, 1.165) is 24.1 Å². The Hall–Kier alpha value is -0.450. The lowest BCUT2D eigenvalue weighted by Gasteiger charge is -2.10. The molecule has 0 saturated heterocycles. The third kappa shape index (κ3) is 7.09. The molecule has 0 rings (SSSR count). The molecule has 1 unspecified atom stereocenters. The van der Waals surface area contributed by atoms with Crippen molar-refractivity contribution in [3.05, 3.63) is 0 Å². The fourth-order valence-corrected chi connectivity index (χ4v) is 2.16. The zero-order valence-electron chi connectivity index (χ0n) is 9.82. The van der Waals surface area contributed by atoms with Crippen LogP contribution < -0.4 is 0 Å². The molecule has 1 N–H and O–H groups in total. The van der Waals surface area contributed by atoms with E-state index in [4.69, 9.17) is 4.55 Å². The predicted molar refractivity (Wildman–Crippen MR) is 68.4 cm³/mol. The third-order valence-corrected chi connectivity index (χ3v) is 3.64. The van der Waals surface area contributed by atoms with Crippen LogP contribution in [0.4, 0.5) is 0 Å². The van der Waals surface area contributed by atoms with Crippen LogP contribution in [-0.2, 0) is 28.1 Å². The summed E-state index contributed by atoms with van der Waals surface area (Å²) in [7, 11) is -4.71. The lowest BCUT2D eigenvalue weighted by atomic mass is 10.3. The van der Waals surface area contributed by atoms with Gasteiger partial charge in [-0.05, 0) is 0 Å². The van der Waals surface area contributed by atoms with Gasteiger partial charge in [-0.1, -0.05) is 13.8 Å². The average Bonchev–Trinajstić information content (AvgIpc) is 2.28. The molecule has 0 aliphatic rings. The summed E-state index contributed by atoms with van der Waals surface area (Å²) >= 11 is 1.54. The second kappa shape index (κ2) is 8.62. The molecule has 0 aliphatic heterocycles. The minimum absolute atomic E-state index is 0.417. The van der Waals surface area contributed by atoms with E-state index in [9.17, 15) is 18.0 Å². The molecule has 10 heteroatoms. The Balaban J connectivity index is 4.61. The average molecular weight is 318 g/mol. The maximum absolute atomic E-state index is 11.4. The summed E-state index contributed by atoms with van der Waals surface area (Å²) in [5, 5.41) is -1.96. The number of carbonyl (C=O) groups excluding carboxylic acids is 2. The molecule has 106 valence electrons. The molecule has 0 saturated carbocycles. The Morgan fingerprint density at radius 3 is 2.11 bits per heavy atom. The van der Waals surface area contributed by atoms with Crippen molar-refractivity contribution in [2.45, 2.75) is 25.5 Å². The smallest absolute Gasteiger partial charge is 0.339 e. The lowest BCUT2D eigenvalue weighted by Crippen LogP contribution is -2.33. The van der Waals surface area contributed by atoms with Gasteiger partial charge in [-0.15, -0.1) is 0 Å². The van der Waals surface area contributed by atoms with Crippen molar-refractivity contribution < 1.29 is 30.9 Å². The first kappa shape index (κ1) is 17.6. The summed E-state index contributed by atoms with van der Waals surface area (Å²) in [5.74, 6) is -1.20. The van der Waals surface area contributed by atoms with Crippen LogP contribution in [0.5, 0.6) is 0 Å². The van der Waals surface area contributed by atoms with Crippen LogP contribution in [0.1, 0.15) is 20.3 Å².